The summed E-state index contributed by atoms with van der Waals surface area (Å²) in [5.41, 5.74) is 0.503. The van der Waals surface area contributed by atoms with Gasteiger partial charge in [0, 0.05) is 12.1 Å². The lowest BCUT2D eigenvalue weighted by Crippen LogP contribution is -2.42. The van der Waals surface area contributed by atoms with Gasteiger partial charge in [0.2, 0.25) is 0 Å². The first-order valence-corrected chi connectivity index (χ1v) is 9.10. The molecule has 0 aromatic heterocycles. The fraction of sp³-hybridized carbons (Fsp3) is 1.00. The average molecular weight is 280 g/mol. The molecule has 4 atom stereocenters. The molecule has 118 valence electrons. The first kappa shape index (κ1) is 16.3. The standard InChI is InChI=1S/C19H37N/c1-14-11-15(2)13-18(12-14)20-17-8-6-7-16(9-10-17)19(3,4)5/h14-18,20H,6-13H2,1-5H3. The van der Waals surface area contributed by atoms with E-state index in [0.717, 1.165) is 29.8 Å². The van der Waals surface area contributed by atoms with Gasteiger partial charge in [-0.1, -0.05) is 41.0 Å². The molecule has 1 heteroatoms. The highest BCUT2D eigenvalue weighted by Gasteiger charge is 2.30. The maximum absolute atomic E-state index is 4.03. The van der Waals surface area contributed by atoms with Crippen molar-refractivity contribution in [1.29, 1.82) is 0 Å². The summed E-state index contributed by atoms with van der Waals surface area (Å²) in [5.74, 6) is 2.77. The Morgan fingerprint density at radius 2 is 1.40 bits per heavy atom. The smallest absolute Gasteiger partial charge is 0.00747 e. The van der Waals surface area contributed by atoms with Crippen molar-refractivity contribution in [1.82, 2.24) is 5.32 Å². The van der Waals surface area contributed by atoms with Crippen LogP contribution < -0.4 is 5.32 Å². The van der Waals surface area contributed by atoms with Gasteiger partial charge in [-0.25, -0.2) is 0 Å². The van der Waals surface area contributed by atoms with Gasteiger partial charge in [-0.15, -0.1) is 0 Å². The Balaban J connectivity index is 1.82. The molecule has 0 aromatic rings. The second kappa shape index (κ2) is 6.81. The van der Waals surface area contributed by atoms with Gasteiger partial charge in [0.25, 0.3) is 0 Å². The highest BCUT2D eigenvalue weighted by Crippen LogP contribution is 2.37. The van der Waals surface area contributed by atoms with Crippen LogP contribution in [0, 0.1) is 23.2 Å². The lowest BCUT2D eigenvalue weighted by atomic mass is 9.76. The Bertz CT molecular complexity index is 281. The average Bonchev–Trinajstić information content (AvgIpc) is 2.52. The van der Waals surface area contributed by atoms with E-state index in [1.165, 1.54) is 51.4 Å². The van der Waals surface area contributed by atoms with Gasteiger partial charge in [-0.2, -0.15) is 0 Å². The molecule has 0 saturated heterocycles. The minimum Gasteiger partial charge on any atom is -0.311 e. The molecule has 2 aliphatic carbocycles. The molecule has 4 unspecified atom stereocenters. The van der Waals surface area contributed by atoms with E-state index in [2.05, 4.69) is 39.9 Å². The van der Waals surface area contributed by atoms with Gasteiger partial charge < -0.3 is 5.32 Å². The number of nitrogens with one attached hydrogen (secondary N) is 1. The molecule has 0 radical (unpaired) electrons. The van der Waals surface area contributed by atoms with Crippen LogP contribution in [0.15, 0.2) is 0 Å². The Hall–Kier alpha value is -0.0400. The number of hydrogen-bond donors (Lipinski definition) is 1. The second-order valence-electron chi connectivity index (χ2n) is 9.05. The maximum atomic E-state index is 4.03. The zero-order valence-electron chi connectivity index (χ0n) is 14.5. The van der Waals surface area contributed by atoms with E-state index < -0.39 is 0 Å². The first-order valence-electron chi connectivity index (χ1n) is 9.10. The molecule has 2 fully saturated rings. The largest absolute Gasteiger partial charge is 0.311 e. The Morgan fingerprint density at radius 3 is 2.00 bits per heavy atom. The second-order valence-corrected chi connectivity index (χ2v) is 9.05. The summed E-state index contributed by atoms with van der Waals surface area (Å²) in [5, 5.41) is 4.03. The number of hydrogen-bond acceptors (Lipinski definition) is 1. The van der Waals surface area contributed by atoms with Gasteiger partial charge in [-0.05, 0) is 68.1 Å². The predicted octanol–water partition coefficient (Wildman–Crippen LogP) is 5.40. The predicted molar refractivity (Wildman–Crippen MR) is 88.9 cm³/mol. The quantitative estimate of drug-likeness (QED) is 0.668. The van der Waals surface area contributed by atoms with Crippen LogP contribution in [0.2, 0.25) is 0 Å². The van der Waals surface area contributed by atoms with Crippen LogP contribution in [0.5, 0.6) is 0 Å². The molecule has 0 heterocycles. The molecule has 0 spiro atoms. The lowest BCUT2D eigenvalue weighted by molar-refractivity contribution is 0.205. The van der Waals surface area contributed by atoms with E-state index in [-0.39, 0.29) is 0 Å². The van der Waals surface area contributed by atoms with E-state index in [4.69, 9.17) is 0 Å². The van der Waals surface area contributed by atoms with Crippen molar-refractivity contribution in [3.8, 4) is 0 Å². The number of rotatable bonds is 2. The third-order valence-electron chi connectivity index (χ3n) is 5.84. The van der Waals surface area contributed by atoms with Gasteiger partial charge in [0.1, 0.15) is 0 Å². The normalized spacial score (nSPS) is 40.4. The van der Waals surface area contributed by atoms with Crippen LogP contribution >= 0.6 is 0 Å². The fourth-order valence-electron chi connectivity index (χ4n) is 4.75. The van der Waals surface area contributed by atoms with Crippen molar-refractivity contribution >= 4 is 0 Å². The molecule has 1 nitrogen and oxygen atoms in total. The molecule has 1 N–H and O–H groups in total. The van der Waals surface area contributed by atoms with Crippen LogP contribution in [0.1, 0.15) is 86.0 Å². The summed E-state index contributed by atoms with van der Waals surface area (Å²) >= 11 is 0. The summed E-state index contributed by atoms with van der Waals surface area (Å²) in [6.45, 7) is 12.2. The van der Waals surface area contributed by atoms with Gasteiger partial charge in [0.15, 0.2) is 0 Å². The summed E-state index contributed by atoms with van der Waals surface area (Å²) in [7, 11) is 0. The monoisotopic (exact) mass is 279 g/mol. The molecule has 0 bridgehead atoms. The molecular weight excluding hydrogens is 242 g/mol. The first-order chi connectivity index (χ1) is 9.34. The van der Waals surface area contributed by atoms with Crippen molar-refractivity contribution in [2.45, 2.75) is 98.1 Å². The van der Waals surface area contributed by atoms with Crippen LogP contribution in [-0.2, 0) is 0 Å². The molecule has 2 rings (SSSR count). The lowest BCUT2D eigenvalue weighted by Gasteiger charge is -2.35. The van der Waals surface area contributed by atoms with Crippen LogP contribution in [0.3, 0.4) is 0 Å². The van der Waals surface area contributed by atoms with E-state index >= 15 is 0 Å². The van der Waals surface area contributed by atoms with E-state index in [1.807, 2.05) is 0 Å². The third kappa shape index (κ3) is 4.76. The Labute approximate surface area is 127 Å². The van der Waals surface area contributed by atoms with Crippen LogP contribution in [-0.4, -0.2) is 12.1 Å². The van der Waals surface area contributed by atoms with E-state index in [1.54, 1.807) is 0 Å². The highest BCUT2D eigenvalue weighted by atomic mass is 15.0. The zero-order chi connectivity index (χ0) is 14.8. The summed E-state index contributed by atoms with van der Waals surface area (Å²) in [6, 6.07) is 1.59. The van der Waals surface area contributed by atoms with Crippen molar-refractivity contribution in [3.05, 3.63) is 0 Å². The van der Waals surface area contributed by atoms with Crippen LogP contribution in [0.25, 0.3) is 0 Å². The molecule has 0 amide bonds. The molecule has 2 aliphatic rings. The molecule has 2 saturated carbocycles. The molecular formula is C19H37N. The van der Waals surface area contributed by atoms with Crippen molar-refractivity contribution in [2.24, 2.45) is 23.2 Å². The molecule has 20 heavy (non-hydrogen) atoms. The van der Waals surface area contributed by atoms with Gasteiger partial charge >= 0.3 is 0 Å². The van der Waals surface area contributed by atoms with Crippen molar-refractivity contribution in [2.75, 3.05) is 0 Å². The topological polar surface area (TPSA) is 12.0 Å². The summed E-state index contributed by atoms with van der Waals surface area (Å²) < 4.78 is 0. The minimum atomic E-state index is 0.503. The van der Waals surface area contributed by atoms with Crippen molar-refractivity contribution in [3.63, 3.8) is 0 Å². The van der Waals surface area contributed by atoms with Crippen LogP contribution in [0.4, 0.5) is 0 Å². The SMILES string of the molecule is CC1CC(C)CC(NC2CCCC(C(C)(C)C)CC2)C1. The summed E-state index contributed by atoms with van der Waals surface area (Å²) in [6.07, 6.45) is 11.4. The summed E-state index contributed by atoms with van der Waals surface area (Å²) in [4.78, 5) is 0. The maximum Gasteiger partial charge on any atom is 0.00747 e. The fourth-order valence-corrected chi connectivity index (χ4v) is 4.75. The Morgan fingerprint density at radius 1 is 0.750 bits per heavy atom. The van der Waals surface area contributed by atoms with Crippen molar-refractivity contribution < 1.29 is 0 Å². The van der Waals surface area contributed by atoms with E-state index in [0.29, 0.717) is 5.41 Å². The van der Waals surface area contributed by atoms with E-state index in [9.17, 15) is 0 Å². The molecule has 0 aliphatic heterocycles. The van der Waals surface area contributed by atoms with Gasteiger partial charge in [-0.3, -0.25) is 0 Å². The molecule has 0 aromatic carbocycles. The zero-order valence-corrected chi connectivity index (χ0v) is 14.5. The minimum absolute atomic E-state index is 0.503. The third-order valence-corrected chi connectivity index (χ3v) is 5.84. The Kier molecular flexibility index (Phi) is 5.56. The highest BCUT2D eigenvalue weighted by molar-refractivity contribution is 4.86. The van der Waals surface area contributed by atoms with Gasteiger partial charge in [0.05, 0.1) is 0 Å².